The van der Waals surface area contributed by atoms with Crippen molar-refractivity contribution >= 4 is 50.2 Å². The Hall–Kier alpha value is -4.01. The van der Waals surface area contributed by atoms with Crippen molar-refractivity contribution in [2.45, 2.75) is 25.9 Å². The van der Waals surface area contributed by atoms with Crippen LogP contribution < -0.4 is 10.9 Å². The van der Waals surface area contributed by atoms with E-state index in [4.69, 9.17) is 16.6 Å². The molecule has 5 aromatic rings. The fourth-order valence-electron chi connectivity index (χ4n) is 4.62. The zero-order valence-electron chi connectivity index (χ0n) is 21.5. The molecular formula is C31H25BrClFN4O2. The highest BCUT2D eigenvalue weighted by Gasteiger charge is 2.30. The number of anilines is 1. The van der Waals surface area contributed by atoms with E-state index in [0.717, 1.165) is 10.0 Å². The summed E-state index contributed by atoms with van der Waals surface area (Å²) >= 11 is 9.55. The Bertz CT molecular complexity index is 1730. The van der Waals surface area contributed by atoms with Gasteiger partial charge in [0, 0.05) is 16.7 Å². The predicted molar refractivity (Wildman–Crippen MR) is 160 cm³/mol. The number of hydrogen-bond donors (Lipinski definition) is 1. The van der Waals surface area contributed by atoms with Crippen LogP contribution in [0.3, 0.4) is 0 Å². The van der Waals surface area contributed by atoms with E-state index in [0.29, 0.717) is 34.5 Å². The summed E-state index contributed by atoms with van der Waals surface area (Å²) in [4.78, 5) is 34.4. The quantitative estimate of drug-likeness (QED) is 0.200. The third kappa shape index (κ3) is 5.78. The van der Waals surface area contributed by atoms with Crippen molar-refractivity contribution in [3.63, 3.8) is 0 Å². The standard InChI is InChI=1S/C31H25BrClFN4O2/c1-2-28(37(19-20-8-4-3-5-9-20)31(40)35-22-14-12-21(32)13-15-22)29-36-27-11-7-6-10-24(27)30(39)38(29)23-16-17-26(34)25(33)18-23/h3-18,28H,2,19H2,1H3,(H,35,40). The van der Waals surface area contributed by atoms with Crippen molar-refractivity contribution in [1.29, 1.82) is 0 Å². The Labute approximate surface area is 244 Å². The number of benzene rings is 4. The number of hydrogen-bond acceptors (Lipinski definition) is 3. The second-order valence-electron chi connectivity index (χ2n) is 9.20. The van der Waals surface area contributed by atoms with E-state index in [-0.39, 0.29) is 23.2 Å². The molecule has 2 amide bonds. The second-order valence-corrected chi connectivity index (χ2v) is 10.5. The van der Waals surface area contributed by atoms with Crippen molar-refractivity contribution < 1.29 is 9.18 Å². The number of nitrogens with zero attached hydrogens (tertiary/aromatic N) is 3. The lowest BCUT2D eigenvalue weighted by Crippen LogP contribution is -2.40. The average molecular weight is 620 g/mol. The first-order valence-corrected chi connectivity index (χ1v) is 13.9. The summed E-state index contributed by atoms with van der Waals surface area (Å²) in [6.07, 6.45) is 0.445. The van der Waals surface area contributed by atoms with Crippen LogP contribution in [0.5, 0.6) is 0 Å². The molecule has 1 N–H and O–H groups in total. The highest BCUT2D eigenvalue weighted by molar-refractivity contribution is 9.10. The van der Waals surface area contributed by atoms with E-state index in [1.807, 2.05) is 49.4 Å². The largest absolute Gasteiger partial charge is 0.322 e. The summed E-state index contributed by atoms with van der Waals surface area (Å²) in [7, 11) is 0. The molecule has 0 radical (unpaired) electrons. The van der Waals surface area contributed by atoms with E-state index in [1.165, 1.54) is 22.8 Å². The molecule has 0 bridgehead atoms. The van der Waals surface area contributed by atoms with Gasteiger partial charge in [0.2, 0.25) is 0 Å². The van der Waals surface area contributed by atoms with Gasteiger partial charge in [0.1, 0.15) is 11.6 Å². The molecule has 9 heteroatoms. The van der Waals surface area contributed by atoms with Crippen LogP contribution in [0, 0.1) is 5.82 Å². The first-order valence-electron chi connectivity index (χ1n) is 12.7. The van der Waals surface area contributed by atoms with Gasteiger partial charge in [-0.05, 0) is 66.6 Å². The van der Waals surface area contributed by atoms with Crippen LogP contribution >= 0.6 is 27.5 Å². The van der Waals surface area contributed by atoms with Gasteiger partial charge in [-0.15, -0.1) is 0 Å². The van der Waals surface area contributed by atoms with E-state index in [1.54, 1.807) is 41.3 Å². The third-order valence-electron chi connectivity index (χ3n) is 6.58. The molecule has 0 saturated carbocycles. The van der Waals surface area contributed by atoms with Crippen molar-refractivity contribution in [1.82, 2.24) is 14.5 Å². The second kappa shape index (κ2) is 12.0. The van der Waals surface area contributed by atoms with Crippen LogP contribution in [0.15, 0.2) is 106 Å². The van der Waals surface area contributed by atoms with Gasteiger partial charge in [-0.2, -0.15) is 0 Å². The number of amides is 2. The first kappa shape index (κ1) is 27.6. The van der Waals surface area contributed by atoms with Gasteiger partial charge in [-0.1, -0.05) is 76.9 Å². The molecule has 0 aliphatic heterocycles. The summed E-state index contributed by atoms with van der Waals surface area (Å²) in [6, 6.07) is 27.0. The smallest absolute Gasteiger partial charge is 0.310 e. The lowest BCUT2D eigenvalue weighted by Gasteiger charge is -2.32. The number of carbonyl (C=O) groups is 1. The van der Waals surface area contributed by atoms with Crippen LogP contribution in [0.1, 0.15) is 30.8 Å². The van der Waals surface area contributed by atoms with E-state index >= 15 is 0 Å². The van der Waals surface area contributed by atoms with Crippen molar-refractivity contribution in [2.24, 2.45) is 0 Å². The van der Waals surface area contributed by atoms with Gasteiger partial charge in [0.15, 0.2) is 0 Å². The maximum absolute atomic E-state index is 14.1. The van der Waals surface area contributed by atoms with Crippen LogP contribution in [0.25, 0.3) is 16.6 Å². The van der Waals surface area contributed by atoms with Crippen LogP contribution in [0.2, 0.25) is 5.02 Å². The zero-order valence-corrected chi connectivity index (χ0v) is 23.9. The molecular weight excluding hydrogens is 595 g/mol. The van der Waals surface area contributed by atoms with Crippen molar-refractivity contribution in [2.75, 3.05) is 5.32 Å². The number of aromatic nitrogens is 2. The third-order valence-corrected chi connectivity index (χ3v) is 7.39. The monoisotopic (exact) mass is 618 g/mol. The summed E-state index contributed by atoms with van der Waals surface area (Å²) in [5, 5.41) is 3.26. The maximum Gasteiger partial charge on any atom is 0.322 e. The summed E-state index contributed by atoms with van der Waals surface area (Å²) < 4.78 is 16.4. The molecule has 4 aromatic carbocycles. The number of halogens is 3. The number of fused-ring (bicyclic) bond motifs is 1. The van der Waals surface area contributed by atoms with Gasteiger partial charge < -0.3 is 10.2 Å². The highest BCUT2D eigenvalue weighted by atomic mass is 79.9. The first-order chi connectivity index (χ1) is 19.4. The van der Waals surface area contributed by atoms with Crippen molar-refractivity contribution in [3.8, 4) is 5.69 Å². The highest BCUT2D eigenvalue weighted by Crippen LogP contribution is 2.29. The number of urea groups is 1. The number of para-hydroxylation sites is 1. The Morgan fingerprint density at radius 1 is 1.02 bits per heavy atom. The van der Waals surface area contributed by atoms with Crippen LogP contribution in [-0.4, -0.2) is 20.5 Å². The molecule has 1 atom stereocenters. The van der Waals surface area contributed by atoms with Gasteiger partial charge >= 0.3 is 6.03 Å². The summed E-state index contributed by atoms with van der Waals surface area (Å²) in [5.41, 5.74) is 2.05. The molecule has 1 aromatic heterocycles. The van der Waals surface area contributed by atoms with E-state index < -0.39 is 11.9 Å². The molecule has 6 nitrogen and oxygen atoms in total. The Morgan fingerprint density at radius 2 is 1.73 bits per heavy atom. The van der Waals surface area contributed by atoms with Gasteiger partial charge in [0.05, 0.1) is 27.7 Å². The Balaban J connectivity index is 1.68. The minimum Gasteiger partial charge on any atom is -0.310 e. The maximum atomic E-state index is 14.1. The fraction of sp³-hybridized carbons (Fsp3) is 0.129. The molecule has 1 unspecified atom stereocenters. The molecule has 40 heavy (non-hydrogen) atoms. The molecule has 0 aliphatic rings. The van der Waals surface area contributed by atoms with Crippen LogP contribution in [-0.2, 0) is 6.54 Å². The molecule has 5 rings (SSSR count). The topological polar surface area (TPSA) is 67.2 Å². The van der Waals surface area contributed by atoms with Crippen LogP contribution in [0.4, 0.5) is 14.9 Å². The molecule has 0 aliphatic carbocycles. The number of nitrogens with one attached hydrogen (secondary N) is 1. The summed E-state index contributed by atoms with van der Waals surface area (Å²) in [6.45, 7) is 2.19. The Kier molecular flexibility index (Phi) is 8.28. The zero-order chi connectivity index (χ0) is 28.2. The van der Waals surface area contributed by atoms with Gasteiger partial charge in [0.25, 0.3) is 5.56 Å². The summed E-state index contributed by atoms with van der Waals surface area (Å²) in [5.74, 6) is -0.254. The SMILES string of the molecule is CCC(c1nc2ccccc2c(=O)n1-c1ccc(F)c(Cl)c1)N(Cc1ccccc1)C(=O)Nc1ccc(Br)cc1. The number of carbonyl (C=O) groups excluding carboxylic acids is 1. The average Bonchev–Trinajstić information content (AvgIpc) is 2.96. The Morgan fingerprint density at radius 3 is 2.42 bits per heavy atom. The fourth-order valence-corrected chi connectivity index (χ4v) is 5.06. The molecule has 202 valence electrons. The van der Waals surface area contributed by atoms with Crippen molar-refractivity contribution in [3.05, 3.63) is 134 Å². The van der Waals surface area contributed by atoms with Gasteiger partial charge in [-0.3, -0.25) is 9.36 Å². The van der Waals surface area contributed by atoms with E-state index in [2.05, 4.69) is 21.2 Å². The molecule has 1 heterocycles. The van der Waals surface area contributed by atoms with E-state index in [9.17, 15) is 14.0 Å². The minimum atomic E-state index is -0.628. The molecule has 0 saturated heterocycles. The lowest BCUT2D eigenvalue weighted by atomic mass is 10.1. The lowest BCUT2D eigenvalue weighted by molar-refractivity contribution is 0.177. The molecule has 0 spiro atoms. The molecule has 0 fully saturated rings. The predicted octanol–water partition coefficient (Wildman–Crippen LogP) is 8.13. The van der Waals surface area contributed by atoms with Gasteiger partial charge in [-0.25, -0.2) is 14.2 Å². The minimum absolute atomic E-state index is 0.120. The normalized spacial score (nSPS) is 11.8. The number of rotatable bonds is 7.